The van der Waals surface area contributed by atoms with Crippen LogP contribution >= 0.6 is 0 Å². The third kappa shape index (κ3) is 3.02. The minimum absolute atomic E-state index is 0.0721. The van der Waals surface area contributed by atoms with Gasteiger partial charge in [-0.2, -0.15) is 4.31 Å². The zero-order chi connectivity index (χ0) is 15.8. The van der Waals surface area contributed by atoms with Crippen molar-refractivity contribution in [2.75, 3.05) is 32.4 Å². The average Bonchev–Trinajstić information content (AvgIpc) is 2.41. The lowest BCUT2D eigenvalue weighted by atomic mass is 10.2. The summed E-state index contributed by atoms with van der Waals surface area (Å²) in [6, 6.07) is 3.89. The first-order valence-corrected chi connectivity index (χ1v) is 8.00. The van der Waals surface area contributed by atoms with Crippen LogP contribution in [-0.2, 0) is 10.0 Å². The number of carbonyl (C=O) groups is 1. The minimum Gasteiger partial charge on any atom is -0.478 e. The fourth-order valence-corrected chi connectivity index (χ4v) is 4.03. The second-order valence-electron chi connectivity index (χ2n) is 5.25. The maximum absolute atomic E-state index is 12.7. The topological polar surface area (TPSA) is 104 Å². The second kappa shape index (κ2) is 5.63. The van der Waals surface area contributed by atoms with Crippen LogP contribution in [0.3, 0.4) is 0 Å². The van der Waals surface area contributed by atoms with Crippen LogP contribution < -0.4 is 5.73 Å². The van der Waals surface area contributed by atoms with Crippen LogP contribution in [0.5, 0.6) is 0 Å². The summed E-state index contributed by atoms with van der Waals surface area (Å²) in [5, 5.41) is 9.18. The monoisotopic (exact) mass is 313 g/mol. The summed E-state index contributed by atoms with van der Waals surface area (Å²) >= 11 is 0. The van der Waals surface area contributed by atoms with E-state index in [4.69, 9.17) is 5.73 Å². The van der Waals surface area contributed by atoms with Gasteiger partial charge in [0.25, 0.3) is 0 Å². The van der Waals surface area contributed by atoms with Gasteiger partial charge in [-0.1, -0.05) is 0 Å². The molecule has 1 aliphatic rings. The number of rotatable bonds is 3. The molecule has 0 bridgehead atoms. The van der Waals surface area contributed by atoms with E-state index in [1.807, 2.05) is 14.0 Å². The largest absolute Gasteiger partial charge is 0.478 e. The third-order valence-corrected chi connectivity index (χ3v) is 5.68. The van der Waals surface area contributed by atoms with Crippen molar-refractivity contribution in [3.8, 4) is 0 Å². The number of nitrogens with two attached hydrogens (primary N) is 1. The van der Waals surface area contributed by atoms with Gasteiger partial charge in [-0.25, -0.2) is 13.2 Å². The first-order chi connectivity index (χ1) is 9.73. The van der Waals surface area contributed by atoms with Gasteiger partial charge >= 0.3 is 5.97 Å². The number of sulfonamides is 1. The Kier molecular flexibility index (Phi) is 4.22. The zero-order valence-electron chi connectivity index (χ0n) is 12.0. The lowest BCUT2D eigenvalue weighted by molar-refractivity contribution is 0.0692. The van der Waals surface area contributed by atoms with Crippen LogP contribution in [0.1, 0.15) is 17.3 Å². The number of likely N-dealkylation sites (N-methyl/N-ethyl adjacent to an activating group) is 1. The SMILES string of the molecule is CC1CN(S(=O)(=O)c2cc(N)ccc2C(=O)O)CCN1C. The molecule has 0 amide bonds. The molecule has 8 heteroatoms. The molecule has 1 heterocycles. The van der Waals surface area contributed by atoms with E-state index in [0.717, 1.165) is 0 Å². The van der Waals surface area contributed by atoms with Gasteiger partial charge in [0.2, 0.25) is 10.0 Å². The molecule has 1 saturated heterocycles. The van der Waals surface area contributed by atoms with E-state index in [1.165, 1.54) is 22.5 Å². The highest BCUT2D eigenvalue weighted by molar-refractivity contribution is 7.89. The molecule has 7 nitrogen and oxygen atoms in total. The van der Waals surface area contributed by atoms with Crippen molar-refractivity contribution in [3.63, 3.8) is 0 Å². The molecule has 1 aromatic carbocycles. The van der Waals surface area contributed by atoms with E-state index < -0.39 is 16.0 Å². The lowest BCUT2D eigenvalue weighted by Gasteiger charge is -2.37. The predicted octanol–water partition coefficient (Wildman–Crippen LogP) is 0.292. The van der Waals surface area contributed by atoms with Crippen molar-refractivity contribution in [1.82, 2.24) is 9.21 Å². The number of piperazine rings is 1. The standard InChI is InChI=1S/C13H19N3O4S/c1-9-8-16(6-5-15(9)2)21(19,20)12-7-10(14)3-4-11(12)13(17)18/h3-4,7,9H,5-6,8,14H2,1-2H3,(H,17,18). The summed E-state index contributed by atoms with van der Waals surface area (Å²) in [6.45, 7) is 3.19. The van der Waals surface area contributed by atoms with Gasteiger partial charge in [0.15, 0.2) is 0 Å². The van der Waals surface area contributed by atoms with Crippen LogP contribution in [0.4, 0.5) is 5.69 Å². The predicted molar refractivity (Wildman–Crippen MR) is 78.7 cm³/mol. The Morgan fingerprint density at radius 1 is 1.38 bits per heavy atom. The molecule has 1 aromatic rings. The molecule has 0 aliphatic carbocycles. The molecule has 0 saturated carbocycles. The van der Waals surface area contributed by atoms with Crippen molar-refractivity contribution in [1.29, 1.82) is 0 Å². The van der Waals surface area contributed by atoms with Crippen LogP contribution in [0.15, 0.2) is 23.1 Å². The van der Waals surface area contributed by atoms with Crippen LogP contribution in [0.25, 0.3) is 0 Å². The van der Waals surface area contributed by atoms with Crippen LogP contribution in [0.2, 0.25) is 0 Å². The van der Waals surface area contributed by atoms with Gasteiger partial charge in [0.05, 0.1) is 10.5 Å². The highest BCUT2D eigenvalue weighted by Crippen LogP contribution is 2.25. The van der Waals surface area contributed by atoms with Gasteiger partial charge in [-0.05, 0) is 32.2 Å². The Labute approximate surface area is 124 Å². The number of aromatic carboxylic acids is 1. The fourth-order valence-electron chi connectivity index (χ4n) is 2.30. The molecule has 1 fully saturated rings. The first-order valence-electron chi connectivity index (χ1n) is 6.56. The van der Waals surface area contributed by atoms with E-state index in [-0.39, 0.29) is 22.2 Å². The minimum atomic E-state index is -3.87. The van der Waals surface area contributed by atoms with Crippen molar-refractivity contribution < 1.29 is 18.3 Å². The summed E-state index contributed by atoms with van der Waals surface area (Å²) in [7, 11) is -1.94. The zero-order valence-corrected chi connectivity index (χ0v) is 12.8. The molecule has 0 aromatic heterocycles. The van der Waals surface area contributed by atoms with E-state index in [1.54, 1.807) is 0 Å². The number of carboxylic acid groups (broad SMARTS) is 1. The molecule has 21 heavy (non-hydrogen) atoms. The quantitative estimate of drug-likeness (QED) is 0.777. The number of hydrogen-bond acceptors (Lipinski definition) is 5. The molecule has 0 spiro atoms. The van der Waals surface area contributed by atoms with E-state index in [0.29, 0.717) is 19.6 Å². The molecule has 1 aliphatic heterocycles. The highest BCUT2D eigenvalue weighted by Gasteiger charge is 2.33. The van der Waals surface area contributed by atoms with Crippen molar-refractivity contribution in [2.45, 2.75) is 17.9 Å². The maximum atomic E-state index is 12.7. The number of benzene rings is 1. The molecule has 1 unspecified atom stereocenters. The molecule has 116 valence electrons. The number of nitrogens with zero attached hydrogens (tertiary/aromatic N) is 2. The van der Waals surface area contributed by atoms with Gasteiger partial charge in [-0.15, -0.1) is 0 Å². The summed E-state index contributed by atoms with van der Waals surface area (Å²) in [4.78, 5) is 13.1. The van der Waals surface area contributed by atoms with Crippen LogP contribution in [0, 0.1) is 0 Å². The molecule has 2 rings (SSSR count). The van der Waals surface area contributed by atoms with Gasteiger partial charge < -0.3 is 15.7 Å². The highest BCUT2D eigenvalue weighted by atomic mass is 32.2. The molecular formula is C13H19N3O4S. The summed E-state index contributed by atoms with van der Waals surface area (Å²) in [6.07, 6.45) is 0. The average molecular weight is 313 g/mol. The Morgan fingerprint density at radius 2 is 2.05 bits per heavy atom. The lowest BCUT2D eigenvalue weighted by Crippen LogP contribution is -2.52. The number of carboxylic acids is 1. The first kappa shape index (κ1) is 15.7. The van der Waals surface area contributed by atoms with E-state index in [2.05, 4.69) is 4.90 Å². The number of nitrogen functional groups attached to an aromatic ring is 1. The van der Waals surface area contributed by atoms with Crippen molar-refractivity contribution in [3.05, 3.63) is 23.8 Å². The van der Waals surface area contributed by atoms with Gasteiger partial charge in [-0.3, -0.25) is 0 Å². The Morgan fingerprint density at radius 3 is 2.62 bits per heavy atom. The fraction of sp³-hybridized carbons (Fsp3) is 0.462. The van der Waals surface area contributed by atoms with Gasteiger partial charge in [0, 0.05) is 31.4 Å². The Hall–Kier alpha value is -1.64. The third-order valence-electron chi connectivity index (χ3n) is 3.78. The Bertz CT molecular complexity index is 659. The van der Waals surface area contributed by atoms with Crippen molar-refractivity contribution in [2.24, 2.45) is 0 Å². The molecule has 3 N–H and O–H groups in total. The van der Waals surface area contributed by atoms with Crippen LogP contribution in [-0.4, -0.2) is 61.4 Å². The summed E-state index contributed by atoms with van der Waals surface area (Å²) in [5.41, 5.74) is 5.59. The second-order valence-corrected chi connectivity index (χ2v) is 7.16. The Balaban J connectivity index is 2.45. The maximum Gasteiger partial charge on any atom is 0.337 e. The molecule has 1 atom stereocenters. The number of hydrogen-bond donors (Lipinski definition) is 2. The summed E-state index contributed by atoms with van der Waals surface area (Å²) in [5.74, 6) is -1.28. The number of anilines is 1. The van der Waals surface area contributed by atoms with E-state index >= 15 is 0 Å². The molecular weight excluding hydrogens is 294 g/mol. The summed E-state index contributed by atoms with van der Waals surface area (Å²) < 4.78 is 26.7. The van der Waals surface area contributed by atoms with Gasteiger partial charge in [0.1, 0.15) is 0 Å². The van der Waals surface area contributed by atoms with Crippen molar-refractivity contribution >= 4 is 21.7 Å². The normalized spacial score (nSPS) is 21.3. The van der Waals surface area contributed by atoms with E-state index in [9.17, 15) is 18.3 Å². The molecule has 0 radical (unpaired) electrons. The smallest absolute Gasteiger partial charge is 0.337 e.